The molecule has 2 nitrogen and oxygen atoms in total. The molecule has 1 aromatic carbocycles. The quantitative estimate of drug-likeness (QED) is 0.757. The number of halogens is 1. The number of anilines is 1. The molecule has 1 spiro atoms. The van der Waals surface area contributed by atoms with Crippen molar-refractivity contribution < 1.29 is 4.39 Å². The first-order valence-electron chi connectivity index (χ1n) is 7.08. The Balaban J connectivity index is 1.95. The summed E-state index contributed by atoms with van der Waals surface area (Å²) in [5.74, 6) is 0.0278. The summed E-state index contributed by atoms with van der Waals surface area (Å²) >= 11 is 0. The molecule has 0 saturated heterocycles. The first-order valence-corrected chi connectivity index (χ1v) is 7.08. The fraction of sp³-hybridized carbons (Fsp3) is 0.600. The molecule has 0 atom stereocenters. The van der Waals surface area contributed by atoms with E-state index in [0.29, 0.717) is 0 Å². The lowest BCUT2D eigenvalue weighted by Crippen LogP contribution is -2.46. The van der Waals surface area contributed by atoms with E-state index in [1.165, 1.54) is 30.5 Å². The maximum Gasteiger partial charge on any atom is 0.129 e. The first kappa shape index (κ1) is 10.8. The molecule has 18 heavy (non-hydrogen) atoms. The highest BCUT2D eigenvalue weighted by atomic mass is 19.1. The molecule has 1 N–H and O–H groups in total. The number of fused-ring (bicyclic) bond motifs is 1. The number of benzene rings is 1. The van der Waals surface area contributed by atoms with Crippen LogP contribution >= 0.6 is 0 Å². The van der Waals surface area contributed by atoms with Gasteiger partial charge >= 0.3 is 0 Å². The van der Waals surface area contributed by atoms with E-state index in [2.05, 4.69) is 10.2 Å². The van der Waals surface area contributed by atoms with Crippen molar-refractivity contribution in [3.05, 3.63) is 29.1 Å². The summed E-state index contributed by atoms with van der Waals surface area (Å²) in [5.41, 5.74) is 3.73. The lowest BCUT2D eigenvalue weighted by molar-refractivity contribution is 0.212. The highest BCUT2D eigenvalue weighted by Crippen LogP contribution is 2.54. The SMILES string of the molecule is Fc1ccc2c3c1C1(CCC1)CCN3CCNC2. The van der Waals surface area contributed by atoms with E-state index >= 15 is 0 Å². The molecule has 1 saturated carbocycles. The number of nitrogens with zero attached hydrogens (tertiary/aromatic N) is 1. The predicted octanol–water partition coefficient (Wildman–Crippen LogP) is 2.56. The molecule has 0 radical (unpaired) electrons. The Hall–Kier alpha value is -1.09. The van der Waals surface area contributed by atoms with E-state index in [0.717, 1.165) is 38.2 Å². The lowest BCUT2D eigenvalue weighted by Gasteiger charge is -2.50. The Kier molecular flexibility index (Phi) is 2.22. The fourth-order valence-electron chi connectivity index (χ4n) is 3.97. The van der Waals surface area contributed by atoms with Gasteiger partial charge in [0, 0.05) is 42.8 Å². The number of hydrogen-bond donors (Lipinski definition) is 1. The second-order valence-corrected chi connectivity index (χ2v) is 5.98. The minimum absolute atomic E-state index is 0.0278. The lowest BCUT2D eigenvalue weighted by atomic mass is 9.60. The number of hydrogen-bond acceptors (Lipinski definition) is 2. The van der Waals surface area contributed by atoms with Crippen LogP contribution < -0.4 is 10.2 Å². The number of nitrogens with one attached hydrogen (secondary N) is 1. The molecule has 3 aliphatic rings. The van der Waals surface area contributed by atoms with Crippen LogP contribution in [0.2, 0.25) is 0 Å². The second-order valence-electron chi connectivity index (χ2n) is 5.98. The molecule has 0 unspecified atom stereocenters. The van der Waals surface area contributed by atoms with Crippen molar-refractivity contribution in [3.8, 4) is 0 Å². The molecular weight excluding hydrogens is 227 g/mol. The van der Waals surface area contributed by atoms with Crippen molar-refractivity contribution in [1.29, 1.82) is 0 Å². The van der Waals surface area contributed by atoms with Gasteiger partial charge in [-0.25, -0.2) is 4.39 Å². The topological polar surface area (TPSA) is 15.3 Å². The fourth-order valence-corrected chi connectivity index (χ4v) is 3.97. The van der Waals surface area contributed by atoms with Gasteiger partial charge < -0.3 is 10.2 Å². The van der Waals surface area contributed by atoms with E-state index < -0.39 is 0 Å². The Morgan fingerprint density at radius 2 is 2.06 bits per heavy atom. The van der Waals surface area contributed by atoms with Gasteiger partial charge in [0.2, 0.25) is 0 Å². The van der Waals surface area contributed by atoms with E-state index in [1.54, 1.807) is 6.07 Å². The average Bonchev–Trinajstić information content (AvgIpc) is 2.55. The Labute approximate surface area is 107 Å². The highest BCUT2D eigenvalue weighted by molar-refractivity contribution is 5.65. The second kappa shape index (κ2) is 3.70. The molecule has 2 aliphatic heterocycles. The average molecular weight is 246 g/mol. The van der Waals surface area contributed by atoms with Gasteiger partial charge in [0.25, 0.3) is 0 Å². The van der Waals surface area contributed by atoms with E-state index in [4.69, 9.17) is 0 Å². The van der Waals surface area contributed by atoms with Crippen LogP contribution in [0.1, 0.15) is 36.8 Å². The normalized spacial score (nSPS) is 24.4. The third kappa shape index (κ3) is 1.31. The third-order valence-corrected chi connectivity index (χ3v) is 5.10. The van der Waals surface area contributed by atoms with Crippen LogP contribution in [0.5, 0.6) is 0 Å². The van der Waals surface area contributed by atoms with Crippen LogP contribution in [-0.4, -0.2) is 19.6 Å². The molecule has 4 rings (SSSR count). The van der Waals surface area contributed by atoms with Gasteiger partial charge in [0.05, 0.1) is 0 Å². The van der Waals surface area contributed by atoms with Gasteiger partial charge in [-0.3, -0.25) is 0 Å². The molecule has 2 heterocycles. The van der Waals surface area contributed by atoms with Crippen LogP contribution in [0.25, 0.3) is 0 Å². The van der Waals surface area contributed by atoms with Crippen molar-refractivity contribution in [2.75, 3.05) is 24.5 Å². The third-order valence-electron chi connectivity index (χ3n) is 5.10. The zero-order chi connectivity index (χ0) is 12.2. The smallest absolute Gasteiger partial charge is 0.129 e. The van der Waals surface area contributed by atoms with Gasteiger partial charge in [-0.15, -0.1) is 0 Å². The van der Waals surface area contributed by atoms with Crippen LogP contribution in [-0.2, 0) is 12.0 Å². The van der Waals surface area contributed by atoms with E-state index in [1.807, 2.05) is 6.07 Å². The monoisotopic (exact) mass is 246 g/mol. The summed E-state index contributed by atoms with van der Waals surface area (Å²) in [6, 6.07) is 3.65. The molecule has 3 heteroatoms. The summed E-state index contributed by atoms with van der Waals surface area (Å²) < 4.78 is 14.4. The molecule has 0 amide bonds. The van der Waals surface area contributed by atoms with Crippen LogP contribution in [0.15, 0.2) is 12.1 Å². The molecule has 1 aliphatic carbocycles. The summed E-state index contributed by atoms with van der Waals surface area (Å²) in [4.78, 5) is 2.40. The predicted molar refractivity (Wildman–Crippen MR) is 70.5 cm³/mol. The Bertz CT molecular complexity index is 494. The summed E-state index contributed by atoms with van der Waals surface area (Å²) in [6.45, 7) is 4.00. The molecular formula is C15H19FN2. The molecule has 1 aromatic rings. The minimum atomic E-state index is 0.0278. The molecule has 1 fully saturated rings. The van der Waals surface area contributed by atoms with Gasteiger partial charge in [-0.2, -0.15) is 0 Å². The van der Waals surface area contributed by atoms with Gasteiger partial charge in [0.1, 0.15) is 5.82 Å². The summed E-state index contributed by atoms with van der Waals surface area (Å²) in [7, 11) is 0. The van der Waals surface area contributed by atoms with Crippen molar-refractivity contribution in [2.45, 2.75) is 37.6 Å². The molecule has 0 aromatic heterocycles. The maximum atomic E-state index is 14.4. The van der Waals surface area contributed by atoms with Crippen LogP contribution in [0.3, 0.4) is 0 Å². The molecule has 96 valence electrons. The van der Waals surface area contributed by atoms with Crippen LogP contribution in [0.4, 0.5) is 10.1 Å². The zero-order valence-electron chi connectivity index (χ0n) is 10.6. The Morgan fingerprint density at radius 1 is 1.17 bits per heavy atom. The largest absolute Gasteiger partial charge is 0.370 e. The standard InChI is InChI=1S/C15H19FN2/c16-12-3-2-11-10-17-7-9-18-8-6-15(4-1-5-15)13(12)14(11)18/h2-3,17H,1,4-10H2. The molecule has 0 bridgehead atoms. The highest BCUT2D eigenvalue weighted by Gasteiger charge is 2.46. The van der Waals surface area contributed by atoms with Gasteiger partial charge in [-0.05, 0) is 30.9 Å². The van der Waals surface area contributed by atoms with Crippen molar-refractivity contribution in [2.24, 2.45) is 0 Å². The van der Waals surface area contributed by atoms with Crippen molar-refractivity contribution >= 4 is 5.69 Å². The Morgan fingerprint density at radius 3 is 2.83 bits per heavy atom. The van der Waals surface area contributed by atoms with Gasteiger partial charge in [0.15, 0.2) is 0 Å². The maximum absolute atomic E-state index is 14.4. The van der Waals surface area contributed by atoms with Crippen molar-refractivity contribution in [1.82, 2.24) is 5.32 Å². The summed E-state index contributed by atoms with van der Waals surface area (Å²) in [6.07, 6.45) is 4.77. The van der Waals surface area contributed by atoms with Crippen molar-refractivity contribution in [3.63, 3.8) is 0 Å². The van der Waals surface area contributed by atoms with E-state index in [-0.39, 0.29) is 11.2 Å². The minimum Gasteiger partial charge on any atom is -0.370 e. The number of rotatable bonds is 0. The van der Waals surface area contributed by atoms with Crippen LogP contribution in [0, 0.1) is 5.82 Å². The first-order chi connectivity index (χ1) is 8.80. The summed E-state index contributed by atoms with van der Waals surface area (Å²) in [5, 5.41) is 3.44. The van der Waals surface area contributed by atoms with E-state index in [9.17, 15) is 4.39 Å². The van der Waals surface area contributed by atoms with Gasteiger partial charge in [-0.1, -0.05) is 12.5 Å². The zero-order valence-corrected chi connectivity index (χ0v) is 10.6.